The molecule has 0 aliphatic rings. The zero-order chi connectivity index (χ0) is 22.4. The minimum atomic E-state index is -1.90. The van der Waals surface area contributed by atoms with E-state index in [4.69, 9.17) is 4.74 Å². The Bertz CT molecular complexity index is 875. The summed E-state index contributed by atoms with van der Waals surface area (Å²) in [6, 6.07) is 18.1. The molecule has 0 radical (unpaired) electrons. The predicted molar refractivity (Wildman–Crippen MR) is 116 cm³/mol. The van der Waals surface area contributed by atoms with Crippen molar-refractivity contribution in [2.24, 2.45) is 0 Å². The zero-order valence-corrected chi connectivity index (χ0v) is 18.2. The third-order valence-corrected chi connectivity index (χ3v) is 4.48. The van der Waals surface area contributed by atoms with E-state index in [2.05, 4.69) is 10.6 Å². The fourth-order valence-corrected chi connectivity index (χ4v) is 3.11. The maximum absolute atomic E-state index is 13.5. The van der Waals surface area contributed by atoms with Crippen LogP contribution in [-0.4, -0.2) is 28.9 Å². The highest BCUT2D eigenvalue weighted by molar-refractivity contribution is 6.10. The van der Waals surface area contributed by atoms with Gasteiger partial charge in [-0.2, -0.15) is 0 Å². The number of hydrogen-bond acceptors (Lipinski definition) is 4. The standard InChI is InChI=1S/C24H30N2O4/c1-17(20-14-10-7-11-15-20)25-21(28)24(26-18(2)27,22(29)30-23(3,4)5)16-19-12-8-6-9-13-19/h6-15,17H,16H2,1-5H3,(H,25,28)(H,26,27)/t17?,24-/m1/s1. The topological polar surface area (TPSA) is 84.5 Å². The first-order valence-electron chi connectivity index (χ1n) is 9.95. The normalized spacial score (nSPS) is 14.2. The molecule has 2 N–H and O–H groups in total. The monoisotopic (exact) mass is 410 g/mol. The van der Waals surface area contributed by atoms with Crippen molar-refractivity contribution >= 4 is 17.8 Å². The van der Waals surface area contributed by atoms with E-state index < -0.39 is 28.9 Å². The van der Waals surface area contributed by atoms with Crippen LogP contribution in [0.15, 0.2) is 60.7 Å². The van der Waals surface area contributed by atoms with E-state index in [0.717, 1.165) is 11.1 Å². The molecule has 1 unspecified atom stereocenters. The number of carbonyl (C=O) groups is 3. The molecule has 0 spiro atoms. The molecule has 0 fully saturated rings. The number of amides is 2. The van der Waals surface area contributed by atoms with Crippen molar-refractivity contribution in [3.63, 3.8) is 0 Å². The number of ether oxygens (including phenoxy) is 1. The number of rotatable bonds is 7. The highest BCUT2D eigenvalue weighted by Crippen LogP contribution is 2.22. The van der Waals surface area contributed by atoms with Crippen LogP contribution in [0.4, 0.5) is 0 Å². The second-order valence-corrected chi connectivity index (χ2v) is 8.36. The van der Waals surface area contributed by atoms with Gasteiger partial charge in [-0.3, -0.25) is 9.59 Å². The Hall–Kier alpha value is -3.15. The van der Waals surface area contributed by atoms with E-state index in [0.29, 0.717) is 0 Å². The molecule has 0 saturated carbocycles. The van der Waals surface area contributed by atoms with Gasteiger partial charge in [0.25, 0.3) is 5.91 Å². The smallest absolute Gasteiger partial charge is 0.342 e. The fraction of sp³-hybridized carbons (Fsp3) is 0.375. The fourth-order valence-electron chi connectivity index (χ4n) is 3.11. The minimum Gasteiger partial charge on any atom is -0.458 e. The van der Waals surface area contributed by atoms with Crippen molar-refractivity contribution in [2.75, 3.05) is 0 Å². The van der Waals surface area contributed by atoms with Gasteiger partial charge in [-0.25, -0.2) is 4.79 Å². The number of benzene rings is 2. The van der Waals surface area contributed by atoms with Crippen LogP contribution in [0.5, 0.6) is 0 Å². The summed E-state index contributed by atoms with van der Waals surface area (Å²) in [7, 11) is 0. The van der Waals surface area contributed by atoms with Crippen molar-refractivity contribution in [3.05, 3.63) is 71.8 Å². The summed E-state index contributed by atoms with van der Waals surface area (Å²) in [6.07, 6.45) is -0.0321. The first-order chi connectivity index (χ1) is 14.0. The molecule has 0 aliphatic carbocycles. The summed E-state index contributed by atoms with van der Waals surface area (Å²) in [5, 5.41) is 5.47. The van der Waals surface area contributed by atoms with Gasteiger partial charge in [0.2, 0.25) is 11.4 Å². The van der Waals surface area contributed by atoms with E-state index in [1.807, 2.05) is 55.5 Å². The van der Waals surface area contributed by atoms with Crippen molar-refractivity contribution in [1.29, 1.82) is 0 Å². The quantitative estimate of drug-likeness (QED) is 0.542. The number of nitrogens with one attached hydrogen (secondary N) is 2. The molecule has 0 saturated heterocycles. The van der Waals surface area contributed by atoms with Crippen LogP contribution in [0.25, 0.3) is 0 Å². The Morgan fingerprint density at radius 3 is 1.97 bits per heavy atom. The molecule has 2 aromatic carbocycles. The lowest BCUT2D eigenvalue weighted by Crippen LogP contribution is -2.66. The van der Waals surface area contributed by atoms with Crippen LogP contribution in [0, 0.1) is 0 Å². The summed E-state index contributed by atoms with van der Waals surface area (Å²) < 4.78 is 5.57. The van der Waals surface area contributed by atoms with Crippen molar-refractivity contribution in [1.82, 2.24) is 10.6 Å². The maximum atomic E-state index is 13.5. The highest BCUT2D eigenvalue weighted by atomic mass is 16.6. The molecule has 0 heterocycles. The third kappa shape index (κ3) is 6.17. The summed E-state index contributed by atoms with van der Waals surface area (Å²) in [5.41, 5.74) is -1.13. The van der Waals surface area contributed by atoms with E-state index >= 15 is 0 Å². The number of esters is 1. The van der Waals surface area contributed by atoms with Crippen LogP contribution >= 0.6 is 0 Å². The molecule has 2 aromatic rings. The van der Waals surface area contributed by atoms with Gasteiger partial charge in [0.15, 0.2) is 0 Å². The van der Waals surface area contributed by atoms with E-state index in [1.54, 1.807) is 32.9 Å². The highest BCUT2D eigenvalue weighted by Gasteiger charge is 2.50. The largest absolute Gasteiger partial charge is 0.458 e. The van der Waals surface area contributed by atoms with Crippen molar-refractivity contribution in [3.8, 4) is 0 Å². The SMILES string of the molecule is CC(=O)N[C@](Cc1ccccc1)(C(=O)NC(C)c1ccccc1)C(=O)OC(C)(C)C. The average Bonchev–Trinajstić information content (AvgIpc) is 2.67. The van der Waals surface area contributed by atoms with Crippen LogP contribution < -0.4 is 10.6 Å². The van der Waals surface area contributed by atoms with Gasteiger partial charge < -0.3 is 15.4 Å². The summed E-state index contributed by atoms with van der Waals surface area (Å²) in [6.45, 7) is 8.25. The molecule has 160 valence electrons. The summed E-state index contributed by atoms with van der Waals surface area (Å²) in [5.74, 6) is -1.92. The van der Waals surface area contributed by atoms with Crippen LogP contribution in [0.2, 0.25) is 0 Å². The van der Waals surface area contributed by atoms with E-state index in [1.165, 1.54) is 6.92 Å². The first-order valence-corrected chi connectivity index (χ1v) is 9.95. The predicted octanol–water partition coefficient (Wildman–Crippen LogP) is 3.32. The van der Waals surface area contributed by atoms with Gasteiger partial charge in [0, 0.05) is 13.3 Å². The molecular weight excluding hydrogens is 380 g/mol. The second kappa shape index (κ2) is 9.57. The Morgan fingerprint density at radius 2 is 1.47 bits per heavy atom. The molecule has 0 bridgehead atoms. The van der Waals surface area contributed by atoms with Crippen LogP contribution in [-0.2, 0) is 25.5 Å². The van der Waals surface area contributed by atoms with Crippen LogP contribution in [0.3, 0.4) is 0 Å². The second-order valence-electron chi connectivity index (χ2n) is 8.36. The molecule has 0 aromatic heterocycles. The Kier molecular flexibility index (Phi) is 7.38. The summed E-state index contributed by atoms with van der Waals surface area (Å²) >= 11 is 0. The van der Waals surface area contributed by atoms with Gasteiger partial charge in [-0.1, -0.05) is 60.7 Å². The third-order valence-electron chi connectivity index (χ3n) is 4.48. The molecule has 2 rings (SSSR count). The Morgan fingerprint density at radius 1 is 0.933 bits per heavy atom. The Labute approximate surface area is 178 Å². The van der Waals surface area contributed by atoms with Gasteiger partial charge in [-0.05, 0) is 38.8 Å². The number of hydrogen-bond donors (Lipinski definition) is 2. The zero-order valence-electron chi connectivity index (χ0n) is 18.2. The lowest BCUT2D eigenvalue weighted by Gasteiger charge is -2.34. The minimum absolute atomic E-state index is 0.0321. The molecule has 6 heteroatoms. The lowest BCUT2D eigenvalue weighted by molar-refractivity contribution is -0.168. The maximum Gasteiger partial charge on any atom is 0.342 e. The molecule has 0 aliphatic heterocycles. The van der Waals surface area contributed by atoms with Crippen LogP contribution in [0.1, 0.15) is 51.8 Å². The van der Waals surface area contributed by atoms with Gasteiger partial charge >= 0.3 is 5.97 Å². The molecular formula is C24H30N2O4. The lowest BCUT2D eigenvalue weighted by atomic mass is 9.88. The van der Waals surface area contributed by atoms with E-state index in [9.17, 15) is 14.4 Å². The van der Waals surface area contributed by atoms with E-state index in [-0.39, 0.29) is 12.5 Å². The average molecular weight is 411 g/mol. The van der Waals surface area contributed by atoms with Gasteiger partial charge in [0.1, 0.15) is 5.60 Å². The van der Waals surface area contributed by atoms with Crippen molar-refractivity contribution < 1.29 is 19.1 Å². The molecule has 2 atom stereocenters. The Balaban J connectivity index is 2.46. The molecule has 6 nitrogen and oxygen atoms in total. The molecule has 2 amide bonds. The molecule has 30 heavy (non-hydrogen) atoms. The van der Waals surface area contributed by atoms with Crippen molar-refractivity contribution in [2.45, 2.75) is 58.2 Å². The number of carbonyl (C=O) groups excluding carboxylic acids is 3. The summed E-state index contributed by atoms with van der Waals surface area (Å²) in [4.78, 5) is 38.9. The van der Waals surface area contributed by atoms with Gasteiger partial charge in [0.05, 0.1) is 6.04 Å². The first kappa shape index (κ1) is 23.1. The van der Waals surface area contributed by atoms with Gasteiger partial charge in [-0.15, -0.1) is 0 Å².